The number of nitrogens with zero attached hydrogens (tertiary/aromatic N) is 2. The molecule has 36 heavy (non-hydrogen) atoms. The van der Waals surface area contributed by atoms with Gasteiger partial charge in [0.25, 0.3) is 0 Å². The second-order valence-corrected chi connectivity index (χ2v) is 10.7. The molecule has 1 saturated heterocycles. The molecule has 1 aromatic rings. The highest BCUT2D eigenvalue weighted by Crippen LogP contribution is 2.42. The van der Waals surface area contributed by atoms with E-state index in [1.807, 2.05) is 0 Å². The second-order valence-electron chi connectivity index (χ2n) is 10.3. The van der Waals surface area contributed by atoms with Gasteiger partial charge in [0.2, 0.25) is 6.79 Å². The van der Waals surface area contributed by atoms with E-state index in [1.54, 1.807) is 49.9 Å². The van der Waals surface area contributed by atoms with E-state index >= 15 is 0 Å². The lowest BCUT2D eigenvalue weighted by atomic mass is 9.74. The smallest absolute Gasteiger partial charge is 0.413 e. The van der Waals surface area contributed by atoms with Gasteiger partial charge in [0.15, 0.2) is 5.78 Å². The van der Waals surface area contributed by atoms with Crippen molar-refractivity contribution < 1.29 is 33.4 Å². The van der Waals surface area contributed by atoms with Gasteiger partial charge in [-0.15, -0.1) is 0 Å². The van der Waals surface area contributed by atoms with Crippen LogP contribution >= 0.6 is 11.6 Å². The zero-order valence-electron chi connectivity index (χ0n) is 21.4. The number of carbonyl (C=O) groups is 4. The average Bonchev–Trinajstić information content (AvgIpc) is 2.83. The van der Waals surface area contributed by atoms with Crippen molar-refractivity contribution in [3.05, 3.63) is 34.9 Å². The monoisotopic (exact) mass is 522 g/mol. The third-order valence-corrected chi connectivity index (χ3v) is 7.01. The number of benzene rings is 1. The van der Waals surface area contributed by atoms with Gasteiger partial charge in [-0.1, -0.05) is 29.8 Å². The van der Waals surface area contributed by atoms with Gasteiger partial charge in [-0.3, -0.25) is 14.5 Å². The Morgan fingerprint density at radius 2 is 1.78 bits per heavy atom. The van der Waals surface area contributed by atoms with Crippen LogP contribution in [0.2, 0.25) is 5.02 Å². The summed E-state index contributed by atoms with van der Waals surface area (Å²) < 4.78 is 15.8. The van der Waals surface area contributed by atoms with Crippen LogP contribution in [0.25, 0.3) is 0 Å². The molecule has 1 heterocycles. The maximum Gasteiger partial charge on any atom is 0.413 e. The first-order valence-electron chi connectivity index (χ1n) is 12.3. The number of piperidine rings is 1. The number of hydrogen-bond donors (Lipinski definition) is 0. The van der Waals surface area contributed by atoms with Crippen molar-refractivity contribution in [2.24, 2.45) is 5.92 Å². The van der Waals surface area contributed by atoms with Crippen molar-refractivity contribution in [3.8, 4) is 0 Å². The summed E-state index contributed by atoms with van der Waals surface area (Å²) in [5.41, 5.74) is -1.26. The Morgan fingerprint density at radius 3 is 2.39 bits per heavy atom. The fourth-order valence-electron chi connectivity index (χ4n) is 4.76. The molecule has 1 aliphatic carbocycles. The maximum atomic E-state index is 13.1. The number of hydrogen-bond acceptors (Lipinski definition) is 7. The van der Waals surface area contributed by atoms with Gasteiger partial charge < -0.3 is 19.1 Å². The first-order chi connectivity index (χ1) is 17.0. The van der Waals surface area contributed by atoms with Gasteiger partial charge in [0, 0.05) is 37.1 Å². The number of amides is 2. The lowest BCUT2D eigenvalue weighted by molar-refractivity contribution is -0.160. The molecule has 1 aromatic carbocycles. The molecule has 0 radical (unpaired) electrons. The third kappa shape index (κ3) is 6.30. The van der Waals surface area contributed by atoms with Crippen molar-refractivity contribution in [1.82, 2.24) is 9.80 Å². The van der Waals surface area contributed by atoms with Crippen LogP contribution in [0, 0.1) is 5.92 Å². The standard InChI is InChI=1S/C26H35ClN2O7/c1-25(2,3)36-24(33)29-15-12-18(13-16-29)22(31)34-17-35-23(32)28(4)26(14-8-7-11-21(26)30)19-9-5-6-10-20(19)27/h5-6,9-10,18H,7-8,11-17H2,1-4H3/t26-/m0/s1. The lowest BCUT2D eigenvalue weighted by Crippen LogP contribution is -2.54. The lowest BCUT2D eigenvalue weighted by Gasteiger charge is -2.43. The third-order valence-electron chi connectivity index (χ3n) is 6.68. The summed E-state index contributed by atoms with van der Waals surface area (Å²) in [7, 11) is 1.50. The molecule has 2 fully saturated rings. The largest absolute Gasteiger partial charge is 0.444 e. The molecule has 9 nitrogen and oxygen atoms in total. The van der Waals surface area contributed by atoms with Crippen LogP contribution in [0.4, 0.5) is 9.59 Å². The predicted molar refractivity (Wildman–Crippen MR) is 132 cm³/mol. The summed E-state index contributed by atoms with van der Waals surface area (Å²) in [5.74, 6) is -1.01. The van der Waals surface area contributed by atoms with Crippen molar-refractivity contribution >= 4 is 35.5 Å². The molecule has 0 bridgehead atoms. The Morgan fingerprint density at radius 1 is 1.11 bits per heavy atom. The minimum atomic E-state index is -1.23. The van der Waals surface area contributed by atoms with Crippen LogP contribution in [0.15, 0.2) is 24.3 Å². The minimum absolute atomic E-state index is 0.102. The van der Waals surface area contributed by atoms with Gasteiger partial charge in [-0.25, -0.2) is 9.59 Å². The van der Waals surface area contributed by atoms with Crippen molar-refractivity contribution in [3.63, 3.8) is 0 Å². The molecule has 2 amide bonds. The predicted octanol–water partition coefficient (Wildman–Crippen LogP) is 4.89. The molecule has 3 rings (SSSR count). The molecular formula is C26H35ClN2O7. The fraction of sp³-hybridized carbons (Fsp3) is 0.615. The maximum absolute atomic E-state index is 13.1. The van der Waals surface area contributed by atoms with E-state index in [2.05, 4.69) is 0 Å². The van der Waals surface area contributed by atoms with E-state index in [4.69, 9.17) is 25.8 Å². The zero-order valence-corrected chi connectivity index (χ0v) is 22.1. The van der Waals surface area contributed by atoms with Crippen LogP contribution in [-0.2, 0) is 29.3 Å². The Balaban J connectivity index is 1.54. The minimum Gasteiger partial charge on any atom is -0.444 e. The van der Waals surface area contributed by atoms with Crippen LogP contribution in [0.3, 0.4) is 0 Å². The Bertz CT molecular complexity index is 985. The van der Waals surface area contributed by atoms with Crippen LogP contribution in [-0.4, -0.2) is 66.3 Å². The number of ketones is 1. The average molecular weight is 523 g/mol. The SMILES string of the molecule is CN(C(=O)OCOC(=O)C1CCN(C(=O)OC(C)(C)C)CC1)[C@]1(c2ccccc2Cl)CCCCC1=O. The Hall–Kier alpha value is -2.81. The van der Waals surface area contributed by atoms with E-state index in [0.29, 0.717) is 49.4 Å². The normalized spacial score (nSPS) is 21.0. The summed E-state index contributed by atoms with van der Waals surface area (Å²) in [6.07, 6.45) is 1.93. The highest BCUT2D eigenvalue weighted by molar-refractivity contribution is 6.31. The Labute approximate surface area is 217 Å². The molecule has 1 saturated carbocycles. The van der Waals surface area contributed by atoms with Gasteiger partial charge >= 0.3 is 18.2 Å². The topological polar surface area (TPSA) is 102 Å². The number of rotatable bonds is 5. The highest BCUT2D eigenvalue weighted by Gasteiger charge is 2.48. The van der Waals surface area contributed by atoms with Crippen LogP contribution < -0.4 is 0 Å². The fourth-order valence-corrected chi connectivity index (χ4v) is 5.05. The van der Waals surface area contributed by atoms with Crippen molar-refractivity contribution in [2.75, 3.05) is 26.9 Å². The van der Waals surface area contributed by atoms with Gasteiger partial charge in [0.05, 0.1) is 5.92 Å². The molecule has 0 unspecified atom stereocenters. The highest BCUT2D eigenvalue weighted by atomic mass is 35.5. The first kappa shape index (κ1) is 27.8. The number of ether oxygens (including phenoxy) is 3. The van der Waals surface area contributed by atoms with E-state index in [-0.39, 0.29) is 5.78 Å². The summed E-state index contributed by atoms with van der Waals surface area (Å²) in [6, 6.07) is 6.98. The van der Waals surface area contributed by atoms with Crippen LogP contribution in [0.1, 0.15) is 64.9 Å². The molecule has 2 aliphatic rings. The summed E-state index contributed by atoms with van der Waals surface area (Å²) >= 11 is 6.42. The summed E-state index contributed by atoms with van der Waals surface area (Å²) in [6.45, 7) is 5.58. The number of carbonyl (C=O) groups excluding carboxylic acids is 4. The van der Waals surface area contributed by atoms with E-state index in [9.17, 15) is 19.2 Å². The zero-order chi connectivity index (χ0) is 26.5. The molecule has 1 atom stereocenters. The van der Waals surface area contributed by atoms with E-state index in [0.717, 1.165) is 12.8 Å². The number of esters is 1. The quantitative estimate of drug-likeness (QED) is 0.400. The molecule has 0 spiro atoms. The van der Waals surface area contributed by atoms with Gasteiger partial charge in [0.1, 0.15) is 11.1 Å². The summed E-state index contributed by atoms with van der Waals surface area (Å²) in [4.78, 5) is 53.6. The molecule has 0 aromatic heterocycles. The number of likely N-dealkylation sites (tertiary alicyclic amines) is 1. The van der Waals surface area contributed by atoms with Gasteiger partial charge in [-0.2, -0.15) is 0 Å². The van der Waals surface area contributed by atoms with Crippen LogP contribution in [0.5, 0.6) is 0 Å². The Kier molecular flexibility index (Phi) is 8.87. The molecule has 10 heteroatoms. The number of Topliss-reactive ketones (excluding diaryl/α,β-unsaturated/α-hetero) is 1. The first-order valence-corrected chi connectivity index (χ1v) is 12.7. The van der Waals surface area contributed by atoms with Crippen molar-refractivity contribution in [2.45, 2.75) is 70.4 Å². The number of likely N-dealkylation sites (N-methyl/N-ethyl adjacent to an activating group) is 1. The molecule has 1 aliphatic heterocycles. The van der Waals surface area contributed by atoms with Crippen molar-refractivity contribution in [1.29, 1.82) is 0 Å². The molecular weight excluding hydrogens is 488 g/mol. The van der Waals surface area contributed by atoms with E-state index < -0.39 is 42.0 Å². The molecule has 198 valence electrons. The van der Waals surface area contributed by atoms with E-state index in [1.165, 1.54) is 11.9 Å². The van der Waals surface area contributed by atoms with Gasteiger partial charge in [-0.05, 0) is 58.9 Å². The number of halogens is 1. The summed E-state index contributed by atoms with van der Waals surface area (Å²) in [5, 5.41) is 0.400. The second kappa shape index (κ2) is 11.5. The molecule has 0 N–H and O–H groups in total.